The van der Waals surface area contributed by atoms with E-state index in [-0.39, 0.29) is 9.90 Å². The van der Waals surface area contributed by atoms with Crippen molar-refractivity contribution in [3.63, 3.8) is 0 Å². The maximum absolute atomic E-state index is 12.3. The molecule has 0 unspecified atom stereocenters. The van der Waals surface area contributed by atoms with Crippen molar-refractivity contribution in [3.8, 4) is 0 Å². The molecule has 3 aromatic rings. The van der Waals surface area contributed by atoms with E-state index in [9.17, 15) is 9.59 Å². The minimum atomic E-state index is -0.662. The summed E-state index contributed by atoms with van der Waals surface area (Å²) in [6.45, 7) is 1.40. The number of nitrogens with one attached hydrogen (secondary N) is 1. The molecule has 1 aromatic heterocycles. The van der Waals surface area contributed by atoms with Gasteiger partial charge in [0.25, 0.3) is 5.91 Å². The van der Waals surface area contributed by atoms with E-state index in [2.05, 4.69) is 5.32 Å². The molecule has 0 spiro atoms. The summed E-state index contributed by atoms with van der Waals surface area (Å²) < 4.78 is 5.85. The average molecular weight is 429 g/mol. The first-order valence-electron chi connectivity index (χ1n) is 7.46. The molecule has 0 fully saturated rings. The third-order valence-electron chi connectivity index (χ3n) is 3.58. The predicted molar refractivity (Wildman–Crippen MR) is 107 cm³/mol. The van der Waals surface area contributed by atoms with Gasteiger partial charge in [-0.2, -0.15) is 0 Å². The quantitative estimate of drug-likeness (QED) is 0.521. The van der Waals surface area contributed by atoms with Crippen LogP contribution in [0.4, 0.5) is 5.69 Å². The summed E-state index contributed by atoms with van der Waals surface area (Å²) in [7, 11) is 0. The molecule has 3 rings (SSSR count). The van der Waals surface area contributed by atoms with Crippen molar-refractivity contribution in [2.75, 3.05) is 11.9 Å². The monoisotopic (exact) mass is 427 g/mol. The van der Waals surface area contributed by atoms with Crippen LogP contribution in [0.2, 0.25) is 15.1 Å². The third-order valence-corrected chi connectivity index (χ3v) is 5.69. The molecule has 1 amide bonds. The van der Waals surface area contributed by atoms with Gasteiger partial charge in [0.2, 0.25) is 0 Å². The summed E-state index contributed by atoms with van der Waals surface area (Å²) in [6.07, 6.45) is 0. The number of hydrogen-bond donors (Lipinski definition) is 1. The molecular formula is C18H12Cl3NO3S. The van der Waals surface area contributed by atoms with E-state index in [0.29, 0.717) is 21.1 Å². The molecule has 0 aliphatic carbocycles. The number of thiophene rings is 1. The summed E-state index contributed by atoms with van der Waals surface area (Å²) in [6, 6.07) is 10.3. The molecule has 0 radical (unpaired) electrons. The average Bonchev–Trinajstić information content (AvgIpc) is 2.92. The fraction of sp³-hybridized carbons (Fsp3) is 0.111. The number of halogens is 3. The van der Waals surface area contributed by atoms with Gasteiger partial charge >= 0.3 is 5.97 Å². The van der Waals surface area contributed by atoms with E-state index < -0.39 is 18.5 Å². The molecule has 0 bridgehead atoms. The van der Waals surface area contributed by atoms with Crippen LogP contribution in [0.3, 0.4) is 0 Å². The normalized spacial score (nSPS) is 10.8. The van der Waals surface area contributed by atoms with Gasteiger partial charge in [-0.1, -0.05) is 46.9 Å². The Morgan fingerprint density at radius 2 is 1.77 bits per heavy atom. The van der Waals surface area contributed by atoms with Crippen molar-refractivity contribution in [2.24, 2.45) is 0 Å². The van der Waals surface area contributed by atoms with Crippen LogP contribution < -0.4 is 5.32 Å². The number of amides is 1. The molecule has 0 atom stereocenters. The Hall–Kier alpha value is -1.79. The molecule has 1 heterocycles. The first-order chi connectivity index (χ1) is 12.3. The SMILES string of the molecule is Cc1ccc(Cl)cc1NC(=O)COC(=O)c1sc2cc(Cl)ccc2c1Cl. The van der Waals surface area contributed by atoms with Crippen molar-refractivity contribution < 1.29 is 14.3 Å². The zero-order chi connectivity index (χ0) is 18.8. The Kier molecular flexibility index (Phi) is 5.73. The minimum Gasteiger partial charge on any atom is -0.451 e. The second-order valence-electron chi connectivity index (χ2n) is 5.47. The highest BCUT2D eigenvalue weighted by Crippen LogP contribution is 2.37. The molecule has 0 aliphatic rings. The lowest BCUT2D eigenvalue weighted by molar-refractivity contribution is -0.119. The predicted octanol–water partition coefficient (Wildman–Crippen LogP) is 5.97. The fourth-order valence-corrected chi connectivity index (χ4v) is 4.13. The van der Waals surface area contributed by atoms with Gasteiger partial charge in [0, 0.05) is 25.8 Å². The summed E-state index contributed by atoms with van der Waals surface area (Å²) in [5.41, 5.74) is 1.41. The number of esters is 1. The third kappa shape index (κ3) is 4.13. The van der Waals surface area contributed by atoms with E-state index in [1.165, 1.54) is 11.3 Å². The first-order valence-corrected chi connectivity index (χ1v) is 9.41. The number of carbonyl (C=O) groups is 2. The van der Waals surface area contributed by atoms with Crippen LogP contribution in [-0.4, -0.2) is 18.5 Å². The van der Waals surface area contributed by atoms with Gasteiger partial charge in [0.1, 0.15) is 4.88 Å². The van der Waals surface area contributed by atoms with E-state index >= 15 is 0 Å². The van der Waals surface area contributed by atoms with Gasteiger partial charge in [0.05, 0.1) is 5.02 Å². The zero-order valence-electron chi connectivity index (χ0n) is 13.4. The van der Waals surface area contributed by atoms with Crippen LogP contribution in [0, 0.1) is 6.92 Å². The number of aryl methyl sites for hydroxylation is 1. The van der Waals surface area contributed by atoms with Crippen LogP contribution in [0.1, 0.15) is 15.2 Å². The van der Waals surface area contributed by atoms with Crippen LogP contribution >= 0.6 is 46.1 Å². The molecule has 26 heavy (non-hydrogen) atoms. The zero-order valence-corrected chi connectivity index (χ0v) is 16.5. The summed E-state index contributed by atoms with van der Waals surface area (Å²) >= 11 is 19.3. The Morgan fingerprint density at radius 3 is 2.54 bits per heavy atom. The number of hydrogen-bond acceptors (Lipinski definition) is 4. The standard InChI is InChI=1S/C18H12Cl3NO3S/c1-9-2-3-10(19)6-13(9)22-15(23)8-25-18(24)17-16(21)12-5-4-11(20)7-14(12)26-17/h2-7H,8H2,1H3,(H,22,23). The lowest BCUT2D eigenvalue weighted by Crippen LogP contribution is -2.21. The molecule has 8 heteroatoms. The molecular weight excluding hydrogens is 417 g/mol. The lowest BCUT2D eigenvalue weighted by Gasteiger charge is -2.09. The summed E-state index contributed by atoms with van der Waals surface area (Å²) in [4.78, 5) is 24.5. The van der Waals surface area contributed by atoms with Crippen molar-refractivity contribution in [3.05, 3.63) is 61.9 Å². The van der Waals surface area contributed by atoms with Gasteiger partial charge in [-0.15, -0.1) is 11.3 Å². The van der Waals surface area contributed by atoms with Gasteiger partial charge in [-0.25, -0.2) is 4.79 Å². The van der Waals surface area contributed by atoms with Gasteiger partial charge < -0.3 is 10.1 Å². The Labute approximate surface area is 168 Å². The molecule has 0 saturated heterocycles. The van der Waals surface area contributed by atoms with E-state index in [0.717, 1.165) is 10.3 Å². The van der Waals surface area contributed by atoms with Gasteiger partial charge in [0.15, 0.2) is 6.61 Å². The molecule has 1 N–H and O–H groups in total. The smallest absolute Gasteiger partial charge is 0.350 e. The number of ether oxygens (including phenoxy) is 1. The van der Waals surface area contributed by atoms with Crippen molar-refractivity contribution in [1.82, 2.24) is 0 Å². The van der Waals surface area contributed by atoms with Crippen LogP contribution in [0.25, 0.3) is 10.1 Å². The minimum absolute atomic E-state index is 0.232. The number of anilines is 1. The molecule has 2 aromatic carbocycles. The van der Waals surface area contributed by atoms with Gasteiger partial charge in [-0.3, -0.25) is 4.79 Å². The Morgan fingerprint density at radius 1 is 1.08 bits per heavy atom. The molecule has 0 aliphatic heterocycles. The Balaban J connectivity index is 1.68. The van der Waals surface area contributed by atoms with E-state index in [1.54, 1.807) is 36.4 Å². The van der Waals surface area contributed by atoms with Crippen molar-refractivity contribution in [2.45, 2.75) is 6.92 Å². The maximum Gasteiger partial charge on any atom is 0.350 e. The van der Waals surface area contributed by atoms with Crippen LogP contribution in [-0.2, 0) is 9.53 Å². The number of carbonyl (C=O) groups excluding carboxylic acids is 2. The highest BCUT2D eigenvalue weighted by atomic mass is 35.5. The lowest BCUT2D eigenvalue weighted by atomic mass is 10.2. The van der Waals surface area contributed by atoms with Crippen LogP contribution in [0.5, 0.6) is 0 Å². The topological polar surface area (TPSA) is 55.4 Å². The van der Waals surface area contributed by atoms with Crippen molar-refractivity contribution >= 4 is 73.8 Å². The second-order valence-corrected chi connectivity index (χ2v) is 7.77. The summed E-state index contributed by atoms with van der Waals surface area (Å²) in [5.74, 6) is -1.13. The molecule has 134 valence electrons. The maximum atomic E-state index is 12.3. The fourth-order valence-electron chi connectivity index (χ4n) is 2.28. The molecule has 4 nitrogen and oxygen atoms in total. The largest absolute Gasteiger partial charge is 0.451 e. The highest BCUT2D eigenvalue weighted by Gasteiger charge is 2.19. The van der Waals surface area contributed by atoms with Gasteiger partial charge in [-0.05, 0) is 36.8 Å². The number of rotatable bonds is 4. The Bertz CT molecular complexity index is 1020. The van der Waals surface area contributed by atoms with E-state index in [4.69, 9.17) is 39.5 Å². The number of benzene rings is 2. The van der Waals surface area contributed by atoms with E-state index in [1.807, 2.05) is 6.92 Å². The molecule has 0 saturated carbocycles. The summed E-state index contributed by atoms with van der Waals surface area (Å²) in [5, 5.41) is 4.71. The number of fused-ring (bicyclic) bond motifs is 1. The first kappa shape index (κ1) is 19.0. The van der Waals surface area contributed by atoms with Crippen molar-refractivity contribution in [1.29, 1.82) is 0 Å². The highest BCUT2D eigenvalue weighted by molar-refractivity contribution is 7.21. The second kappa shape index (κ2) is 7.84. The van der Waals surface area contributed by atoms with Crippen LogP contribution in [0.15, 0.2) is 36.4 Å².